The number of tetrazole rings is 1. The average Bonchev–Trinajstić information content (AvgIpc) is 2.72. The number of carbonyl (C=O) groups is 1. The van der Waals surface area contributed by atoms with Gasteiger partial charge in [0.25, 0.3) is 0 Å². The lowest BCUT2D eigenvalue weighted by Crippen LogP contribution is -2.19. The summed E-state index contributed by atoms with van der Waals surface area (Å²) < 4.78 is 1.60. The summed E-state index contributed by atoms with van der Waals surface area (Å²) in [7, 11) is 0. The molecule has 0 aliphatic heterocycles. The molecule has 1 unspecified atom stereocenters. The van der Waals surface area contributed by atoms with E-state index in [1.165, 1.54) is 12.8 Å². The van der Waals surface area contributed by atoms with E-state index in [0.717, 1.165) is 25.1 Å². The molecule has 6 nitrogen and oxygen atoms in total. The van der Waals surface area contributed by atoms with Gasteiger partial charge in [-0.05, 0) is 16.8 Å². The average molecular weight is 240 g/mol. The summed E-state index contributed by atoms with van der Waals surface area (Å²) in [6, 6.07) is 0. The van der Waals surface area contributed by atoms with Gasteiger partial charge in [0.05, 0.1) is 12.5 Å². The van der Waals surface area contributed by atoms with Crippen molar-refractivity contribution in [3.05, 3.63) is 5.82 Å². The van der Waals surface area contributed by atoms with Crippen LogP contribution in [0.3, 0.4) is 0 Å². The van der Waals surface area contributed by atoms with Crippen LogP contribution in [0.2, 0.25) is 0 Å². The molecule has 0 aromatic carbocycles. The van der Waals surface area contributed by atoms with Crippen molar-refractivity contribution in [2.75, 3.05) is 0 Å². The minimum absolute atomic E-state index is 0.339. The summed E-state index contributed by atoms with van der Waals surface area (Å²) in [4.78, 5) is 10.8. The van der Waals surface area contributed by atoms with Gasteiger partial charge in [0.2, 0.25) is 0 Å². The van der Waals surface area contributed by atoms with E-state index in [1.807, 2.05) is 0 Å². The number of hydrogen-bond donors (Lipinski definition) is 1. The van der Waals surface area contributed by atoms with Gasteiger partial charge in [-0.15, -0.1) is 5.10 Å². The Balaban J connectivity index is 2.45. The number of nitrogens with zero attached hydrogens (tertiary/aromatic N) is 4. The molecule has 0 saturated heterocycles. The molecule has 1 atom stereocenters. The van der Waals surface area contributed by atoms with Crippen molar-refractivity contribution in [2.24, 2.45) is 5.92 Å². The van der Waals surface area contributed by atoms with Crippen LogP contribution in [0.1, 0.15) is 45.4 Å². The van der Waals surface area contributed by atoms with Crippen molar-refractivity contribution in [3.63, 3.8) is 0 Å². The highest BCUT2D eigenvalue weighted by atomic mass is 16.4. The molecule has 1 aromatic heterocycles. The third-order valence-corrected chi connectivity index (χ3v) is 2.73. The third kappa shape index (κ3) is 4.50. The zero-order chi connectivity index (χ0) is 12.7. The predicted octanol–water partition coefficient (Wildman–Crippen LogP) is 1.52. The van der Waals surface area contributed by atoms with E-state index < -0.39 is 11.9 Å². The largest absolute Gasteiger partial charge is 0.481 e. The molecule has 0 aliphatic rings. The maximum Gasteiger partial charge on any atom is 0.308 e. The topological polar surface area (TPSA) is 80.9 Å². The SMILES string of the molecule is CCCCCCc1nnnn1CC(C)C(=O)O. The van der Waals surface area contributed by atoms with Gasteiger partial charge < -0.3 is 5.11 Å². The molecule has 0 fully saturated rings. The van der Waals surface area contributed by atoms with Gasteiger partial charge in [-0.2, -0.15) is 0 Å². The number of rotatable bonds is 8. The maximum absolute atomic E-state index is 10.8. The molecule has 0 aliphatic carbocycles. The highest BCUT2D eigenvalue weighted by Gasteiger charge is 2.15. The number of carboxylic acids is 1. The lowest BCUT2D eigenvalue weighted by Gasteiger charge is -2.07. The normalized spacial score (nSPS) is 12.6. The Bertz CT molecular complexity index is 351. The Morgan fingerprint density at radius 1 is 1.41 bits per heavy atom. The van der Waals surface area contributed by atoms with Gasteiger partial charge >= 0.3 is 5.97 Å². The number of aromatic nitrogens is 4. The second kappa shape index (κ2) is 6.98. The minimum atomic E-state index is -0.822. The van der Waals surface area contributed by atoms with Crippen molar-refractivity contribution in [3.8, 4) is 0 Å². The fourth-order valence-corrected chi connectivity index (χ4v) is 1.59. The van der Waals surface area contributed by atoms with Crippen molar-refractivity contribution in [2.45, 2.75) is 52.5 Å². The molecule has 1 heterocycles. The first-order valence-corrected chi connectivity index (χ1v) is 6.13. The Morgan fingerprint density at radius 3 is 2.82 bits per heavy atom. The summed E-state index contributed by atoms with van der Waals surface area (Å²) >= 11 is 0. The van der Waals surface area contributed by atoms with Crippen molar-refractivity contribution < 1.29 is 9.90 Å². The molecule has 1 N–H and O–H groups in total. The fourth-order valence-electron chi connectivity index (χ4n) is 1.59. The Labute approximate surface area is 101 Å². The van der Waals surface area contributed by atoms with Crippen LogP contribution in [-0.4, -0.2) is 31.3 Å². The second-order valence-electron chi connectivity index (χ2n) is 4.33. The molecule has 6 heteroatoms. The van der Waals surface area contributed by atoms with Crippen LogP contribution >= 0.6 is 0 Å². The maximum atomic E-state index is 10.8. The number of carboxylic acid groups (broad SMARTS) is 1. The first kappa shape index (κ1) is 13.6. The van der Waals surface area contributed by atoms with Gasteiger partial charge in [0.1, 0.15) is 0 Å². The van der Waals surface area contributed by atoms with E-state index in [2.05, 4.69) is 22.4 Å². The first-order valence-electron chi connectivity index (χ1n) is 6.13. The molecule has 0 amide bonds. The highest BCUT2D eigenvalue weighted by molar-refractivity contribution is 5.69. The van der Waals surface area contributed by atoms with E-state index in [4.69, 9.17) is 5.11 Å². The monoisotopic (exact) mass is 240 g/mol. The third-order valence-electron chi connectivity index (χ3n) is 2.73. The summed E-state index contributed by atoms with van der Waals surface area (Å²) in [5.41, 5.74) is 0. The number of aryl methyl sites for hydroxylation is 1. The summed E-state index contributed by atoms with van der Waals surface area (Å²) in [5.74, 6) is -0.500. The van der Waals surface area contributed by atoms with Crippen LogP contribution < -0.4 is 0 Å². The fraction of sp³-hybridized carbons (Fsp3) is 0.818. The Hall–Kier alpha value is -1.46. The predicted molar refractivity (Wildman–Crippen MR) is 62.5 cm³/mol. The van der Waals surface area contributed by atoms with Gasteiger partial charge in [-0.25, -0.2) is 4.68 Å². The number of unbranched alkanes of at least 4 members (excludes halogenated alkanes) is 3. The molecule has 1 rings (SSSR count). The van der Waals surface area contributed by atoms with E-state index >= 15 is 0 Å². The zero-order valence-corrected chi connectivity index (χ0v) is 10.5. The quantitative estimate of drug-likeness (QED) is 0.697. The van der Waals surface area contributed by atoms with E-state index in [-0.39, 0.29) is 0 Å². The highest BCUT2D eigenvalue weighted by Crippen LogP contribution is 2.07. The van der Waals surface area contributed by atoms with Gasteiger partial charge in [-0.3, -0.25) is 4.79 Å². The van der Waals surface area contributed by atoms with Crippen LogP contribution in [-0.2, 0) is 17.8 Å². The Kier molecular flexibility index (Phi) is 5.59. The first-order chi connectivity index (χ1) is 8.15. The number of hydrogen-bond acceptors (Lipinski definition) is 4. The summed E-state index contributed by atoms with van der Waals surface area (Å²) in [6.45, 7) is 4.16. The summed E-state index contributed by atoms with van der Waals surface area (Å²) in [6.07, 6.45) is 5.45. The lowest BCUT2D eigenvalue weighted by molar-refractivity contribution is -0.141. The molecule has 0 radical (unpaired) electrons. The van der Waals surface area contributed by atoms with Crippen LogP contribution in [0, 0.1) is 5.92 Å². The van der Waals surface area contributed by atoms with Crippen LogP contribution in [0.15, 0.2) is 0 Å². The molecular weight excluding hydrogens is 220 g/mol. The zero-order valence-electron chi connectivity index (χ0n) is 10.5. The van der Waals surface area contributed by atoms with E-state index in [1.54, 1.807) is 11.6 Å². The molecular formula is C11H20N4O2. The smallest absolute Gasteiger partial charge is 0.308 e. The van der Waals surface area contributed by atoms with Gasteiger partial charge in [0.15, 0.2) is 5.82 Å². The molecule has 1 aromatic rings. The van der Waals surface area contributed by atoms with Crippen LogP contribution in [0.25, 0.3) is 0 Å². The Morgan fingerprint density at radius 2 is 2.18 bits per heavy atom. The van der Waals surface area contributed by atoms with Gasteiger partial charge in [-0.1, -0.05) is 33.1 Å². The standard InChI is InChI=1S/C11H20N4O2/c1-3-4-5-6-7-10-12-13-14-15(10)8-9(2)11(16)17/h9H,3-8H2,1-2H3,(H,16,17). The molecule has 0 spiro atoms. The van der Waals surface area contributed by atoms with Crippen molar-refractivity contribution in [1.82, 2.24) is 20.2 Å². The minimum Gasteiger partial charge on any atom is -0.481 e. The van der Waals surface area contributed by atoms with Crippen molar-refractivity contribution >= 4 is 5.97 Å². The lowest BCUT2D eigenvalue weighted by atomic mass is 10.1. The summed E-state index contributed by atoms with van der Waals surface area (Å²) in [5, 5.41) is 20.2. The van der Waals surface area contributed by atoms with Crippen LogP contribution in [0.4, 0.5) is 0 Å². The van der Waals surface area contributed by atoms with Gasteiger partial charge in [0, 0.05) is 6.42 Å². The number of aliphatic carboxylic acids is 1. The van der Waals surface area contributed by atoms with Crippen LogP contribution in [0.5, 0.6) is 0 Å². The molecule has 0 bridgehead atoms. The van der Waals surface area contributed by atoms with Crippen molar-refractivity contribution in [1.29, 1.82) is 0 Å². The van der Waals surface area contributed by atoms with E-state index in [0.29, 0.717) is 6.54 Å². The second-order valence-corrected chi connectivity index (χ2v) is 4.33. The molecule has 17 heavy (non-hydrogen) atoms. The molecule has 96 valence electrons. The molecule has 0 saturated carbocycles. The van der Waals surface area contributed by atoms with E-state index in [9.17, 15) is 4.79 Å².